The largest absolute Gasteiger partial charge is 0.496 e. The fraction of sp³-hybridized carbons (Fsp3) is 0.300. The van der Waals surface area contributed by atoms with Crippen LogP contribution in [0.25, 0.3) is 44.5 Å². The number of amides is 2. The second-order valence-electron chi connectivity index (χ2n) is 13.6. The smallest absolute Gasteiger partial charge is 0.407 e. The summed E-state index contributed by atoms with van der Waals surface area (Å²) in [5, 5.41) is 11.3. The summed E-state index contributed by atoms with van der Waals surface area (Å²) in [6.07, 6.45) is 2.53. The molecule has 1 atom stereocenters. The van der Waals surface area contributed by atoms with E-state index in [4.69, 9.17) is 54.0 Å². The van der Waals surface area contributed by atoms with Crippen molar-refractivity contribution in [3.63, 3.8) is 0 Å². The number of methoxy groups -OCH3 is 2. The van der Waals surface area contributed by atoms with Crippen LogP contribution in [0.3, 0.4) is 0 Å². The van der Waals surface area contributed by atoms with E-state index in [0.717, 1.165) is 28.5 Å². The van der Waals surface area contributed by atoms with Crippen LogP contribution in [0.2, 0.25) is 15.1 Å². The summed E-state index contributed by atoms with van der Waals surface area (Å²) in [7, 11) is 3.19. The molecule has 1 aliphatic rings. The van der Waals surface area contributed by atoms with Crippen molar-refractivity contribution in [2.45, 2.75) is 58.3 Å². The van der Waals surface area contributed by atoms with Crippen molar-refractivity contribution in [3.05, 3.63) is 93.1 Å². The first kappa shape index (κ1) is 38.1. The van der Waals surface area contributed by atoms with Gasteiger partial charge in [-0.1, -0.05) is 65.1 Å². The Morgan fingerprint density at radius 3 is 2.42 bits per heavy atom. The fourth-order valence-corrected chi connectivity index (χ4v) is 7.25. The van der Waals surface area contributed by atoms with Crippen molar-refractivity contribution in [2.75, 3.05) is 20.8 Å². The molecule has 1 unspecified atom stereocenters. The van der Waals surface area contributed by atoms with Gasteiger partial charge in [-0.2, -0.15) is 0 Å². The number of nitrogens with zero attached hydrogens (tertiary/aromatic N) is 2. The number of rotatable bonds is 11. The number of halogens is 3. The van der Waals surface area contributed by atoms with Crippen LogP contribution in [0.15, 0.2) is 66.9 Å². The number of nitrogens with one attached hydrogen (secondary N) is 3. The van der Waals surface area contributed by atoms with Crippen molar-refractivity contribution in [3.8, 4) is 45.1 Å². The third kappa shape index (κ3) is 8.63. The summed E-state index contributed by atoms with van der Waals surface area (Å²) >= 11 is 21.0. The average Bonchev–Trinajstić information content (AvgIpc) is 3.55. The number of benzene rings is 3. The standard InChI is InChI=1S/C40H40Cl3N5O5/c1-40(2,3)53-39(50)46-20-23-10-9-22(18-32(23)51-4)36-35(43)27(15-16-45-36)26-7-6-8-28(34(26)42)31-13-12-29-37(48-31)30(41)17-24(38(29)52-5)19-44-21-25-11-14-33(49)47-25/h6-10,12-13,15-18,25,44H,11,14,19-21H2,1-5H3,(H,46,50)(H,47,49). The van der Waals surface area contributed by atoms with Crippen LogP contribution in [0.5, 0.6) is 11.5 Å². The van der Waals surface area contributed by atoms with Gasteiger partial charge in [0.15, 0.2) is 0 Å². The van der Waals surface area contributed by atoms with Gasteiger partial charge in [-0.05, 0) is 57.5 Å². The number of hydrogen-bond acceptors (Lipinski definition) is 8. The minimum Gasteiger partial charge on any atom is -0.496 e. The lowest BCUT2D eigenvalue weighted by Crippen LogP contribution is -2.35. The normalized spacial score (nSPS) is 14.3. The molecular formula is C40H40Cl3N5O5. The molecule has 0 bridgehead atoms. The summed E-state index contributed by atoms with van der Waals surface area (Å²) in [4.78, 5) is 33.3. The molecule has 1 fully saturated rings. The lowest BCUT2D eigenvalue weighted by molar-refractivity contribution is -0.119. The number of aromatic nitrogens is 2. The Hall–Kier alpha value is -4.61. The first-order valence-electron chi connectivity index (χ1n) is 17.1. The molecule has 0 spiro atoms. The maximum absolute atomic E-state index is 12.2. The average molecular weight is 777 g/mol. The number of pyridine rings is 2. The van der Waals surface area contributed by atoms with E-state index in [9.17, 15) is 9.59 Å². The minimum absolute atomic E-state index is 0.0832. The third-order valence-electron chi connectivity index (χ3n) is 8.79. The molecule has 3 N–H and O–H groups in total. The fourth-order valence-electron chi connectivity index (χ4n) is 6.33. The summed E-state index contributed by atoms with van der Waals surface area (Å²) < 4.78 is 16.8. The van der Waals surface area contributed by atoms with Gasteiger partial charge in [-0.15, -0.1) is 0 Å². The molecule has 0 radical (unpaired) electrons. The lowest BCUT2D eigenvalue weighted by atomic mass is 9.99. The second-order valence-corrected chi connectivity index (χ2v) is 14.8. The topological polar surface area (TPSA) is 124 Å². The van der Waals surface area contributed by atoms with Gasteiger partial charge in [-0.3, -0.25) is 9.78 Å². The zero-order valence-electron chi connectivity index (χ0n) is 30.0. The predicted molar refractivity (Wildman–Crippen MR) is 210 cm³/mol. The van der Waals surface area contributed by atoms with Crippen molar-refractivity contribution in [2.24, 2.45) is 0 Å². The highest BCUT2D eigenvalue weighted by Crippen LogP contribution is 2.43. The quantitative estimate of drug-likeness (QED) is 0.122. The van der Waals surface area contributed by atoms with Gasteiger partial charge in [0.05, 0.1) is 46.2 Å². The van der Waals surface area contributed by atoms with Crippen molar-refractivity contribution in [1.29, 1.82) is 0 Å². The van der Waals surface area contributed by atoms with E-state index in [-0.39, 0.29) is 18.5 Å². The highest BCUT2D eigenvalue weighted by molar-refractivity contribution is 6.39. The number of alkyl carbamates (subject to hydrolysis) is 1. The monoisotopic (exact) mass is 775 g/mol. The summed E-state index contributed by atoms with van der Waals surface area (Å²) in [5.41, 5.74) is 5.59. The predicted octanol–water partition coefficient (Wildman–Crippen LogP) is 9.00. The molecule has 13 heteroatoms. The van der Waals surface area contributed by atoms with Crippen molar-refractivity contribution < 1.29 is 23.8 Å². The summed E-state index contributed by atoms with van der Waals surface area (Å²) in [6, 6.07) is 18.9. The van der Waals surface area contributed by atoms with Gasteiger partial charge in [0.1, 0.15) is 17.1 Å². The molecular weight excluding hydrogens is 737 g/mol. The van der Waals surface area contributed by atoms with Gasteiger partial charge >= 0.3 is 6.09 Å². The molecule has 276 valence electrons. The first-order valence-corrected chi connectivity index (χ1v) is 18.2. The molecule has 1 saturated heterocycles. The zero-order valence-corrected chi connectivity index (χ0v) is 32.3. The maximum Gasteiger partial charge on any atom is 0.407 e. The molecule has 53 heavy (non-hydrogen) atoms. The highest BCUT2D eigenvalue weighted by Gasteiger charge is 2.22. The molecule has 6 rings (SSSR count). The molecule has 2 aromatic heterocycles. The van der Waals surface area contributed by atoms with Crippen LogP contribution >= 0.6 is 34.8 Å². The van der Waals surface area contributed by atoms with E-state index in [0.29, 0.717) is 79.7 Å². The zero-order chi connectivity index (χ0) is 37.9. The number of carbonyl (C=O) groups is 2. The molecule has 3 aromatic carbocycles. The molecule has 3 heterocycles. The van der Waals surface area contributed by atoms with Crippen LogP contribution in [0, 0.1) is 0 Å². The van der Waals surface area contributed by atoms with Gasteiger partial charge in [0.25, 0.3) is 0 Å². The van der Waals surface area contributed by atoms with E-state index in [2.05, 4.69) is 20.9 Å². The van der Waals surface area contributed by atoms with Crippen LogP contribution in [-0.4, -0.2) is 54.4 Å². The molecule has 0 aliphatic carbocycles. The molecule has 10 nitrogen and oxygen atoms in total. The Morgan fingerprint density at radius 2 is 1.70 bits per heavy atom. The summed E-state index contributed by atoms with van der Waals surface area (Å²) in [5.74, 6) is 1.31. The van der Waals surface area contributed by atoms with Crippen LogP contribution in [-0.2, 0) is 22.6 Å². The number of ether oxygens (including phenoxy) is 3. The SMILES string of the molecule is COc1cc(-c2nccc(-c3cccc(-c4ccc5c(OC)c(CNCC6CCC(=O)N6)cc(Cl)c5n4)c3Cl)c2Cl)ccc1CNC(=O)OC(C)(C)C. The van der Waals surface area contributed by atoms with E-state index in [1.165, 1.54) is 0 Å². The molecule has 0 saturated carbocycles. The van der Waals surface area contributed by atoms with Gasteiger partial charge in [0, 0.05) is 77.1 Å². The third-order valence-corrected chi connectivity index (χ3v) is 9.87. The van der Waals surface area contributed by atoms with E-state index in [1.54, 1.807) is 20.4 Å². The Labute approximate surface area is 323 Å². The Bertz CT molecular complexity index is 2190. The first-order chi connectivity index (χ1) is 25.4. The Kier molecular flexibility index (Phi) is 11.6. The Morgan fingerprint density at radius 1 is 0.925 bits per heavy atom. The molecule has 2 amide bonds. The lowest BCUT2D eigenvalue weighted by Gasteiger charge is -2.20. The maximum atomic E-state index is 12.2. The number of fused-ring (bicyclic) bond motifs is 1. The Balaban J connectivity index is 1.27. The highest BCUT2D eigenvalue weighted by atomic mass is 35.5. The van der Waals surface area contributed by atoms with Gasteiger partial charge < -0.3 is 30.2 Å². The number of hydrogen-bond donors (Lipinski definition) is 3. The van der Waals surface area contributed by atoms with Crippen LogP contribution < -0.4 is 25.4 Å². The van der Waals surface area contributed by atoms with Crippen LogP contribution in [0.1, 0.15) is 44.7 Å². The molecule has 5 aromatic rings. The van der Waals surface area contributed by atoms with Crippen molar-refractivity contribution >= 4 is 57.7 Å². The van der Waals surface area contributed by atoms with E-state index >= 15 is 0 Å². The van der Waals surface area contributed by atoms with E-state index in [1.807, 2.05) is 81.4 Å². The van der Waals surface area contributed by atoms with Gasteiger partial charge in [0.2, 0.25) is 5.91 Å². The second kappa shape index (κ2) is 16.2. The van der Waals surface area contributed by atoms with E-state index < -0.39 is 11.7 Å². The van der Waals surface area contributed by atoms with Crippen molar-refractivity contribution in [1.82, 2.24) is 25.9 Å². The van der Waals surface area contributed by atoms with Crippen LogP contribution in [0.4, 0.5) is 4.79 Å². The number of carbonyl (C=O) groups excluding carboxylic acids is 2. The minimum atomic E-state index is -0.609. The molecule has 1 aliphatic heterocycles. The summed E-state index contributed by atoms with van der Waals surface area (Å²) in [6.45, 7) is 6.79. The van der Waals surface area contributed by atoms with Gasteiger partial charge in [-0.25, -0.2) is 9.78 Å².